The molecule has 7 heteroatoms. The second-order valence-corrected chi connectivity index (χ2v) is 5.14. The first-order chi connectivity index (χ1) is 8.99. The van der Waals surface area contributed by atoms with Crippen LogP contribution in [0.1, 0.15) is 42.6 Å². The highest BCUT2D eigenvalue weighted by Gasteiger charge is 2.35. The van der Waals surface area contributed by atoms with Crippen molar-refractivity contribution in [3.63, 3.8) is 0 Å². The first kappa shape index (κ1) is 16.4. The molecular weight excluding hydrogens is 277 g/mol. The van der Waals surface area contributed by atoms with Gasteiger partial charge in [0, 0.05) is 30.3 Å². The molecule has 1 rings (SSSR count). The molecule has 0 radical (unpaired) electrons. The Kier molecular flexibility index (Phi) is 6.74. The van der Waals surface area contributed by atoms with Gasteiger partial charge in [0.15, 0.2) is 5.01 Å². The quantitative estimate of drug-likeness (QED) is 0.744. The van der Waals surface area contributed by atoms with Gasteiger partial charge in [0.2, 0.25) is 0 Å². The van der Waals surface area contributed by atoms with E-state index < -0.39 is 11.2 Å². The van der Waals surface area contributed by atoms with E-state index in [1.807, 2.05) is 13.8 Å². The summed E-state index contributed by atoms with van der Waals surface area (Å²) in [6.45, 7) is 5.84. The van der Waals surface area contributed by atoms with Gasteiger partial charge in [0.05, 0.1) is 0 Å². The van der Waals surface area contributed by atoms with E-state index >= 15 is 0 Å². The van der Waals surface area contributed by atoms with E-state index in [9.17, 15) is 13.2 Å². The van der Waals surface area contributed by atoms with E-state index in [-0.39, 0.29) is 6.04 Å². The zero-order valence-electron chi connectivity index (χ0n) is 11.1. The van der Waals surface area contributed by atoms with Gasteiger partial charge in [-0.15, -0.1) is 11.3 Å². The summed E-state index contributed by atoms with van der Waals surface area (Å²) in [7, 11) is 0. The zero-order chi connectivity index (χ0) is 14.3. The van der Waals surface area contributed by atoms with Gasteiger partial charge >= 0.3 is 6.18 Å². The van der Waals surface area contributed by atoms with Crippen LogP contribution in [0.5, 0.6) is 0 Å². The Hall–Kier alpha value is -0.660. The summed E-state index contributed by atoms with van der Waals surface area (Å²) in [6, 6.07) is -0.129. The summed E-state index contributed by atoms with van der Waals surface area (Å²) in [5.74, 6) is 0. The largest absolute Gasteiger partial charge is 0.443 e. The van der Waals surface area contributed by atoms with Gasteiger partial charge in [-0.1, -0.05) is 13.8 Å². The fraction of sp³-hybridized carbons (Fsp3) is 0.750. The van der Waals surface area contributed by atoms with E-state index in [2.05, 4.69) is 10.3 Å². The molecule has 0 aliphatic heterocycles. The molecule has 0 saturated carbocycles. The maximum absolute atomic E-state index is 12.5. The molecule has 1 aromatic rings. The molecule has 110 valence electrons. The average Bonchev–Trinajstić information content (AvgIpc) is 2.82. The summed E-state index contributed by atoms with van der Waals surface area (Å²) in [5, 5.41) is 2.37. The van der Waals surface area contributed by atoms with Crippen LogP contribution in [0.25, 0.3) is 0 Å². The minimum absolute atomic E-state index is 0.129. The van der Waals surface area contributed by atoms with Crippen molar-refractivity contribution in [2.75, 3.05) is 19.8 Å². The van der Waals surface area contributed by atoms with Crippen molar-refractivity contribution in [2.24, 2.45) is 0 Å². The van der Waals surface area contributed by atoms with Crippen LogP contribution in [0.2, 0.25) is 0 Å². The Morgan fingerprint density at radius 2 is 2.11 bits per heavy atom. The topological polar surface area (TPSA) is 34.1 Å². The van der Waals surface area contributed by atoms with E-state index in [4.69, 9.17) is 4.74 Å². The van der Waals surface area contributed by atoms with Crippen molar-refractivity contribution in [1.29, 1.82) is 0 Å². The van der Waals surface area contributed by atoms with E-state index in [0.717, 1.165) is 6.42 Å². The van der Waals surface area contributed by atoms with E-state index in [1.165, 1.54) is 6.20 Å². The third-order valence-electron chi connectivity index (χ3n) is 2.46. The van der Waals surface area contributed by atoms with Crippen LogP contribution in [0.4, 0.5) is 13.2 Å². The first-order valence-electron chi connectivity index (χ1n) is 6.33. The highest BCUT2D eigenvalue weighted by Crippen LogP contribution is 2.34. The number of nitrogens with one attached hydrogen (secondary N) is 1. The summed E-state index contributed by atoms with van der Waals surface area (Å²) >= 11 is 0.697. The molecular formula is C12H19F3N2OS. The molecule has 0 aliphatic rings. The van der Waals surface area contributed by atoms with Gasteiger partial charge in [-0.2, -0.15) is 13.2 Å². The number of hydrogen-bond acceptors (Lipinski definition) is 4. The third-order valence-corrected chi connectivity index (χ3v) is 3.62. The maximum Gasteiger partial charge on any atom is 0.443 e. The third kappa shape index (κ3) is 5.46. The van der Waals surface area contributed by atoms with Crippen LogP contribution in [0.3, 0.4) is 0 Å². The van der Waals surface area contributed by atoms with Gasteiger partial charge < -0.3 is 10.1 Å². The number of hydrogen-bond donors (Lipinski definition) is 1. The highest BCUT2D eigenvalue weighted by molar-refractivity contribution is 7.11. The summed E-state index contributed by atoms with van der Waals surface area (Å²) in [4.78, 5) is 4.05. The molecule has 0 aliphatic carbocycles. The number of halogens is 3. The predicted molar refractivity (Wildman–Crippen MR) is 69.3 cm³/mol. The predicted octanol–water partition coefficient (Wildman–Crippen LogP) is 3.63. The molecule has 0 amide bonds. The van der Waals surface area contributed by atoms with Crippen molar-refractivity contribution < 1.29 is 17.9 Å². The van der Waals surface area contributed by atoms with Gasteiger partial charge in [0.25, 0.3) is 0 Å². The van der Waals surface area contributed by atoms with Crippen LogP contribution in [0, 0.1) is 0 Å². The van der Waals surface area contributed by atoms with Crippen LogP contribution < -0.4 is 5.32 Å². The standard InChI is InChI=1S/C12H19F3N2OS/c1-3-6-18-7-5-9(16-4-2)10-8-17-11(19-10)12(13,14)15/h8-9,16H,3-7H2,1-2H3. The Balaban J connectivity index is 2.62. The zero-order valence-corrected chi connectivity index (χ0v) is 11.9. The molecule has 1 N–H and O–H groups in total. The van der Waals surface area contributed by atoms with E-state index in [0.29, 0.717) is 42.4 Å². The molecule has 19 heavy (non-hydrogen) atoms. The second kappa shape index (κ2) is 7.81. The molecule has 0 aromatic carbocycles. The minimum Gasteiger partial charge on any atom is -0.381 e. The van der Waals surface area contributed by atoms with Gasteiger partial charge in [-0.3, -0.25) is 0 Å². The molecule has 1 unspecified atom stereocenters. The lowest BCUT2D eigenvalue weighted by Gasteiger charge is -2.15. The van der Waals surface area contributed by atoms with Crippen LogP contribution in [-0.2, 0) is 10.9 Å². The molecule has 0 fully saturated rings. The molecule has 0 saturated heterocycles. The second-order valence-electron chi connectivity index (χ2n) is 4.08. The van der Waals surface area contributed by atoms with Gasteiger partial charge in [-0.05, 0) is 19.4 Å². The fourth-order valence-electron chi connectivity index (χ4n) is 1.62. The summed E-state index contributed by atoms with van der Waals surface area (Å²) in [6.07, 6.45) is -1.48. The number of alkyl halides is 3. The molecule has 1 atom stereocenters. The van der Waals surface area contributed by atoms with Crippen molar-refractivity contribution in [2.45, 2.75) is 38.9 Å². The number of thiazole rings is 1. The highest BCUT2D eigenvalue weighted by atomic mass is 32.1. The van der Waals surface area contributed by atoms with Crippen LogP contribution in [0.15, 0.2) is 6.20 Å². The number of rotatable bonds is 8. The fourth-order valence-corrected chi connectivity index (χ4v) is 2.51. The van der Waals surface area contributed by atoms with Crippen molar-refractivity contribution >= 4 is 11.3 Å². The smallest absolute Gasteiger partial charge is 0.381 e. The first-order valence-corrected chi connectivity index (χ1v) is 7.14. The molecule has 0 spiro atoms. The van der Waals surface area contributed by atoms with Gasteiger partial charge in [-0.25, -0.2) is 4.98 Å². The lowest BCUT2D eigenvalue weighted by atomic mass is 10.2. The Labute approximate surface area is 115 Å². The van der Waals surface area contributed by atoms with Gasteiger partial charge in [0.1, 0.15) is 0 Å². The van der Waals surface area contributed by atoms with Crippen molar-refractivity contribution in [3.8, 4) is 0 Å². The number of aromatic nitrogens is 1. The summed E-state index contributed by atoms with van der Waals surface area (Å²) < 4.78 is 42.9. The molecule has 1 heterocycles. The molecule has 0 bridgehead atoms. The molecule has 3 nitrogen and oxygen atoms in total. The lowest BCUT2D eigenvalue weighted by molar-refractivity contribution is -0.137. The monoisotopic (exact) mass is 296 g/mol. The van der Waals surface area contributed by atoms with Crippen LogP contribution in [-0.4, -0.2) is 24.7 Å². The Bertz CT molecular complexity index is 368. The number of nitrogens with zero attached hydrogens (tertiary/aromatic N) is 1. The maximum atomic E-state index is 12.5. The van der Waals surface area contributed by atoms with Crippen LogP contribution >= 0.6 is 11.3 Å². The minimum atomic E-state index is -4.36. The molecule has 1 aromatic heterocycles. The lowest BCUT2D eigenvalue weighted by Crippen LogP contribution is -2.21. The van der Waals surface area contributed by atoms with E-state index in [1.54, 1.807) is 0 Å². The Morgan fingerprint density at radius 3 is 2.63 bits per heavy atom. The average molecular weight is 296 g/mol. The Morgan fingerprint density at radius 1 is 1.37 bits per heavy atom. The SMILES string of the molecule is CCCOCCC(NCC)c1cnc(C(F)(F)F)s1. The van der Waals surface area contributed by atoms with Crippen molar-refractivity contribution in [3.05, 3.63) is 16.1 Å². The summed E-state index contributed by atoms with van der Waals surface area (Å²) in [5.41, 5.74) is 0. The normalized spacial score (nSPS) is 13.7. The van der Waals surface area contributed by atoms with Crippen molar-refractivity contribution in [1.82, 2.24) is 10.3 Å². The number of ether oxygens (including phenoxy) is 1.